The molecule has 0 saturated carbocycles. The molecule has 0 aromatic heterocycles. The van der Waals surface area contributed by atoms with E-state index in [-0.39, 0.29) is 6.79 Å². The molecule has 0 saturated heterocycles. The van der Waals surface area contributed by atoms with Gasteiger partial charge in [0.1, 0.15) is 0 Å². The topological polar surface area (TPSA) is 76.7 Å². The molecular formula is C15H24N2O3. The highest BCUT2D eigenvalue weighted by molar-refractivity contribution is 5.45. The van der Waals surface area contributed by atoms with Crippen LogP contribution in [-0.4, -0.2) is 31.5 Å². The predicted molar refractivity (Wildman–Crippen MR) is 77.9 cm³/mol. The average molecular weight is 280 g/mol. The zero-order valence-electron chi connectivity index (χ0n) is 11.8. The highest BCUT2D eigenvalue weighted by atomic mass is 16.7. The van der Waals surface area contributed by atoms with E-state index >= 15 is 0 Å². The van der Waals surface area contributed by atoms with Crippen LogP contribution in [0.2, 0.25) is 0 Å². The summed E-state index contributed by atoms with van der Waals surface area (Å²) in [5.41, 5.74) is 6.30. The van der Waals surface area contributed by atoms with E-state index in [4.69, 9.17) is 15.2 Å². The van der Waals surface area contributed by atoms with Crippen molar-refractivity contribution < 1.29 is 14.6 Å². The molecule has 1 unspecified atom stereocenters. The van der Waals surface area contributed by atoms with Gasteiger partial charge in [0, 0.05) is 6.54 Å². The lowest BCUT2D eigenvalue weighted by Crippen LogP contribution is -2.22. The van der Waals surface area contributed by atoms with Crippen molar-refractivity contribution in [3.8, 4) is 11.5 Å². The summed E-state index contributed by atoms with van der Waals surface area (Å²) in [6.07, 6.45) is 4.06. The Morgan fingerprint density at radius 1 is 1.15 bits per heavy atom. The fourth-order valence-corrected chi connectivity index (χ4v) is 2.22. The monoisotopic (exact) mass is 280 g/mol. The van der Waals surface area contributed by atoms with Crippen LogP contribution in [0.15, 0.2) is 18.2 Å². The molecule has 2 rings (SSSR count). The van der Waals surface area contributed by atoms with Crippen LogP contribution in [0.25, 0.3) is 0 Å². The highest BCUT2D eigenvalue weighted by Gasteiger charge is 2.16. The van der Waals surface area contributed by atoms with E-state index < -0.39 is 6.10 Å². The number of nitrogens with one attached hydrogen (secondary N) is 1. The molecule has 1 atom stereocenters. The fraction of sp³-hybridized carbons (Fsp3) is 0.600. The van der Waals surface area contributed by atoms with Crippen molar-refractivity contribution in [2.45, 2.75) is 31.8 Å². The Hall–Kier alpha value is -1.30. The minimum absolute atomic E-state index is 0.260. The van der Waals surface area contributed by atoms with Crippen LogP contribution in [0.5, 0.6) is 11.5 Å². The third-order valence-corrected chi connectivity index (χ3v) is 3.43. The van der Waals surface area contributed by atoms with Gasteiger partial charge in [-0.15, -0.1) is 0 Å². The van der Waals surface area contributed by atoms with Crippen LogP contribution in [0.4, 0.5) is 0 Å². The van der Waals surface area contributed by atoms with Crippen molar-refractivity contribution >= 4 is 0 Å². The van der Waals surface area contributed by atoms with E-state index in [9.17, 15) is 5.11 Å². The molecule has 5 heteroatoms. The van der Waals surface area contributed by atoms with E-state index in [2.05, 4.69) is 5.32 Å². The minimum atomic E-state index is -0.520. The minimum Gasteiger partial charge on any atom is -0.454 e. The molecule has 112 valence electrons. The fourth-order valence-electron chi connectivity index (χ4n) is 2.22. The van der Waals surface area contributed by atoms with Crippen LogP contribution in [0, 0.1) is 0 Å². The molecule has 0 spiro atoms. The summed E-state index contributed by atoms with van der Waals surface area (Å²) in [7, 11) is 0. The quantitative estimate of drug-likeness (QED) is 0.598. The Morgan fingerprint density at radius 3 is 2.80 bits per heavy atom. The first kappa shape index (κ1) is 15.1. The maximum absolute atomic E-state index is 10.1. The van der Waals surface area contributed by atoms with Gasteiger partial charge in [0.2, 0.25) is 6.79 Å². The van der Waals surface area contributed by atoms with Gasteiger partial charge >= 0.3 is 0 Å². The predicted octanol–water partition coefficient (Wildman–Crippen LogP) is 1.56. The molecule has 1 aliphatic rings. The first-order valence-corrected chi connectivity index (χ1v) is 7.29. The molecule has 0 bridgehead atoms. The summed E-state index contributed by atoms with van der Waals surface area (Å²) in [5, 5.41) is 13.4. The van der Waals surface area contributed by atoms with Gasteiger partial charge in [0.15, 0.2) is 11.5 Å². The number of hydrogen-bond donors (Lipinski definition) is 3. The largest absolute Gasteiger partial charge is 0.454 e. The first-order valence-electron chi connectivity index (χ1n) is 7.29. The molecule has 1 aromatic rings. The van der Waals surface area contributed by atoms with Gasteiger partial charge in [-0.1, -0.05) is 18.9 Å². The molecule has 1 heterocycles. The molecule has 0 amide bonds. The van der Waals surface area contributed by atoms with Gasteiger partial charge in [0.25, 0.3) is 0 Å². The van der Waals surface area contributed by atoms with Crippen LogP contribution < -0.4 is 20.5 Å². The second kappa shape index (κ2) is 8.09. The van der Waals surface area contributed by atoms with Crippen LogP contribution in [-0.2, 0) is 0 Å². The SMILES string of the molecule is NCCCCCCNCC(O)c1ccc2c(c1)OCO2. The Balaban J connectivity index is 1.66. The smallest absolute Gasteiger partial charge is 0.231 e. The van der Waals surface area contributed by atoms with Crippen LogP contribution >= 0.6 is 0 Å². The lowest BCUT2D eigenvalue weighted by Gasteiger charge is -2.12. The summed E-state index contributed by atoms with van der Waals surface area (Å²) in [6.45, 7) is 2.51. The molecule has 1 aliphatic heterocycles. The van der Waals surface area contributed by atoms with Crippen molar-refractivity contribution in [1.29, 1.82) is 0 Å². The van der Waals surface area contributed by atoms with Gasteiger partial charge in [-0.2, -0.15) is 0 Å². The number of aliphatic hydroxyl groups is 1. The van der Waals surface area contributed by atoms with Gasteiger partial charge in [-0.25, -0.2) is 0 Å². The highest BCUT2D eigenvalue weighted by Crippen LogP contribution is 2.33. The lowest BCUT2D eigenvalue weighted by atomic mass is 10.1. The number of ether oxygens (including phenoxy) is 2. The summed E-state index contributed by atoms with van der Waals surface area (Å²) >= 11 is 0. The Bertz CT molecular complexity index is 412. The molecule has 4 N–H and O–H groups in total. The maximum atomic E-state index is 10.1. The molecule has 0 radical (unpaired) electrons. The Kier molecular flexibility index (Phi) is 6.11. The first-order chi connectivity index (χ1) is 9.81. The van der Waals surface area contributed by atoms with Crippen molar-refractivity contribution in [3.05, 3.63) is 23.8 Å². The summed E-state index contributed by atoms with van der Waals surface area (Å²) < 4.78 is 10.6. The van der Waals surface area contributed by atoms with Crippen LogP contribution in [0.1, 0.15) is 37.4 Å². The molecular weight excluding hydrogens is 256 g/mol. The third-order valence-electron chi connectivity index (χ3n) is 3.43. The number of unbranched alkanes of at least 4 members (excludes halogenated alkanes) is 3. The average Bonchev–Trinajstić information content (AvgIpc) is 2.93. The number of hydrogen-bond acceptors (Lipinski definition) is 5. The molecule has 20 heavy (non-hydrogen) atoms. The zero-order chi connectivity index (χ0) is 14.2. The van der Waals surface area contributed by atoms with Gasteiger partial charge in [-0.3, -0.25) is 0 Å². The standard InChI is InChI=1S/C15H24N2O3/c16-7-3-1-2-4-8-17-10-13(18)12-5-6-14-15(9-12)20-11-19-14/h5-6,9,13,17-18H,1-4,7-8,10-11,16H2. The zero-order valence-corrected chi connectivity index (χ0v) is 11.8. The van der Waals surface area contributed by atoms with Crippen molar-refractivity contribution in [2.24, 2.45) is 5.73 Å². The van der Waals surface area contributed by atoms with Gasteiger partial charge < -0.3 is 25.6 Å². The number of aliphatic hydroxyl groups excluding tert-OH is 1. The Labute approximate surface area is 120 Å². The molecule has 5 nitrogen and oxygen atoms in total. The molecule has 0 aliphatic carbocycles. The van der Waals surface area contributed by atoms with Crippen molar-refractivity contribution in [3.63, 3.8) is 0 Å². The maximum Gasteiger partial charge on any atom is 0.231 e. The summed E-state index contributed by atoms with van der Waals surface area (Å²) in [4.78, 5) is 0. The van der Waals surface area contributed by atoms with E-state index in [1.54, 1.807) is 0 Å². The van der Waals surface area contributed by atoms with Crippen LogP contribution in [0.3, 0.4) is 0 Å². The van der Waals surface area contributed by atoms with Crippen molar-refractivity contribution in [2.75, 3.05) is 26.4 Å². The molecule has 1 aromatic carbocycles. The van der Waals surface area contributed by atoms with Gasteiger partial charge in [0.05, 0.1) is 6.10 Å². The molecule has 0 fully saturated rings. The normalized spacial score (nSPS) is 14.5. The third kappa shape index (κ3) is 4.37. The number of nitrogens with two attached hydrogens (primary N) is 1. The second-order valence-electron chi connectivity index (χ2n) is 5.04. The number of fused-ring (bicyclic) bond motifs is 1. The van der Waals surface area contributed by atoms with Crippen molar-refractivity contribution in [1.82, 2.24) is 5.32 Å². The summed E-state index contributed by atoms with van der Waals surface area (Å²) in [5.74, 6) is 1.46. The lowest BCUT2D eigenvalue weighted by molar-refractivity contribution is 0.170. The number of rotatable bonds is 9. The van der Waals surface area contributed by atoms with E-state index in [0.29, 0.717) is 12.3 Å². The van der Waals surface area contributed by atoms with E-state index in [0.717, 1.165) is 37.2 Å². The van der Waals surface area contributed by atoms with Gasteiger partial charge in [-0.05, 0) is 43.6 Å². The van der Waals surface area contributed by atoms with E-state index in [1.165, 1.54) is 12.8 Å². The van der Waals surface area contributed by atoms with E-state index in [1.807, 2.05) is 18.2 Å². The summed E-state index contributed by atoms with van der Waals surface area (Å²) in [6, 6.07) is 5.56. The number of benzene rings is 1. The Morgan fingerprint density at radius 2 is 1.95 bits per heavy atom. The second-order valence-corrected chi connectivity index (χ2v) is 5.04.